The van der Waals surface area contributed by atoms with E-state index in [1.54, 1.807) is 11.3 Å². The van der Waals surface area contributed by atoms with E-state index in [1.807, 2.05) is 37.3 Å². The SMILES string of the molecule is CCNC(=O)NCC(O)c1cc2ccccc2s1. The van der Waals surface area contributed by atoms with Gasteiger partial charge in [0, 0.05) is 16.1 Å². The lowest BCUT2D eigenvalue weighted by atomic mass is 10.2. The molecule has 1 aromatic carbocycles. The largest absolute Gasteiger partial charge is 0.386 e. The standard InChI is InChI=1S/C13H16N2O2S/c1-2-14-13(17)15-8-10(16)12-7-9-5-3-4-6-11(9)18-12/h3-7,10,16H,2,8H2,1H3,(H2,14,15,17). The Labute approximate surface area is 110 Å². The molecule has 1 unspecified atom stereocenters. The molecule has 1 atom stereocenters. The van der Waals surface area contributed by atoms with Gasteiger partial charge in [-0.05, 0) is 24.4 Å². The number of urea groups is 1. The highest BCUT2D eigenvalue weighted by molar-refractivity contribution is 7.19. The van der Waals surface area contributed by atoms with Crippen molar-refractivity contribution >= 4 is 27.5 Å². The molecule has 0 aliphatic heterocycles. The fourth-order valence-corrected chi connectivity index (χ4v) is 2.73. The van der Waals surface area contributed by atoms with Crippen LogP contribution in [0.1, 0.15) is 17.9 Å². The smallest absolute Gasteiger partial charge is 0.314 e. The van der Waals surface area contributed by atoms with Crippen molar-refractivity contribution in [2.24, 2.45) is 0 Å². The molecular formula is C13H16N2O2S. The highest BCUT2D eigenvalue weighted by Crippen LogP contribution is 2.29. The molecular weight excluding hydrogens is 248 g/mol. The minimum absolute atomic E-state index is 0.221. The molecule has 1 heterocycles. The minimum atomic E-state index is -0.662. The van der Waals surface area contributed by atoms with Crippen LogP contribution in [0.25, 0.3) is 10.1 Å². The molecule has 2 amide bonds. The van der Waals surface area contributed by atoms with Gasteiger partial charge in [-0.1, -0.05) is 18.2 Å². The summed E-state index contributed by atoms with van der Waals surface area (Å²) in [5.41, 5.74) is 0. The van der Waals surface area contributed by atoms with Crippen molar-refractivity contribution in [1.29, 1.82) is 0 Å². The van der Waals surface area contributed by atoms with Crippen molar-refractivity contribution < 1.29 is 9.90 Å². The molecule has 0 aliphatic rings. The molecule has 0 aliphatic carbocycles. The third-order valence-electron chi connectivity index (χ3n) is 2.57. The number of fused-ring (bicyclic) bond motifs is 1. The summed E-state index contributed by atoms with van der Waals surface area (Å²) in [7, 11) is 0. The topological polar surface area (TPSA) is 61.4 Å². The molecule has 4 nitrogen and oxygen atoms in total. The van der Waals surface area contributed by atoms with Gasteiger partial charge in [-0.15, -0.1) is 11.3 Å². The first-order valence-corrected chi connectivity index (χ1v) is 6.70. The van der Waals surface area contributed by atoms with Crippen molar-refractivity contribution in [1.82, 2.24) is 10.6 Å². The predicted octanol–water partition coefficient (Wildman–Crippen LogP) is 2.25. The Morgan fingerprint density at radius 1 is 1.39 bits per heavy atom. The average Bonchev–Trinajstić information content (AvgIpc) is 2.80. The first-order valence-electron chi connectivity index (χ1n) is 5.89. The van der Waals surface area contributed by atoms with Gasteiger partial charge in [0.25, 0.3) is 0 Å². The first kappa shape index (κ1) is 12.9. The Balaban J connectivity index is 2.00. The summed E-state index contributed by atoms with van der Waals surface area (Å²) in [4.78, 5) is 12.1. The van der Waals surface area contributed by atoms with Crippen LogP contribution in [0.2, 0.25) is 0 Å². The third-order valence-corrected chi connectivity index (χ3v) is 3.78. The first-order chi connectivity index (χ1) is 8.70. The molecule has 1 aromatic heterocycles. The molecule has 2 rings (SSSR count). The van der Waals surface area contributed by atoms with Crippen LogP contribution in [0.15, 0.2) is 30.3 Å². The third kappa shape index (κ3) is 3.00. The van der Waals surface area contributed by atoms with Crippen molar-refractivity contribution in [3.05, 3.63) is 35.2 Å². The average molecular weight is 264 g/mol. The highest BCUT2D eigenvalue weighted by atomic mass is 32.1. The second-order valence-corrected chi connectivity index (χ2v) is 5.06. The molecule has 2 aromatic rings. The zero-order valence-corrected chi connectivity index (χ0v) is 11.0. The number of carbonyl (C=O) groups is 1. The fraction of sp³-hybridized carbons (Fsp3) is 0.308. The quantitative estimate of drug-likeness (QED) is 0.793. The van der Waals surface area contributed by atoms with E-state index in [-0.39, 0.29) is 12.6 Å². The number of rotatable bonds is 4. The highest BCUT2D eigenvalue weighted by Gasteiger charge is 2.12. The molecule has 18 heavy (non-hydrogen) atoms. The van der Waals surface area contributed by atoms with Crippen LogP contribution in [0.5, 0.6) is 0 Å². The molecule has 96 valence electrons. The molecule has 0 saturated heterocycles. The summed E-state index contributed by atoms with van der Waals surface area (Å²) in [6.45, 7) is 2.64. The lowest BCUT2D eigenvalue weighted by molar-refractivity contribution is 0.176. The van der Waals surface area contributed by atoms with E-state index in [0.29, 0.717) is 6.54 Å². The van der Waals surface area contributed by atoms with E-state index in [4.69, 9.17) is 0 Å². The van der Waals surface area contributed by atoms with Gasteiger partial charge >= 0.3 is 6.03 Å². The molecule has 0 radical (unpaired) electrons. The second kappa shape index (κ2) is 5.84. The number of hydrogen-bond acceptors (Lipinski definition) is 3. The molecule has 0 bridgehead atoms. The van der Waals surface area contributed by atoms with Gasteiger partial charge in [0.15, 0.2) is 0 Å². The van der Waals surface area contributed by atoms with Crippen LogP contribution in [-0.2, 0) is 0 Å². The van der Waals surface area contributed by atoms with E-state index in [1.165, 1.54) is 0 Å². The van der Waals surface area contributed by atoms with Crippen molar-refractivity contribution in [3.63, 3.8) is 0 Å². The van der Waals surface area contributed by atoms with E-state index < -0.39 is 6.10 Å². The molecule has 3 N–H and O–H groups in total. The van der Waals surface area contributed by atoms with Crippen LogP contribution in [0.4, 0.5) is 4.79 Å². The zero-order chi connectivity index (χ0) is 13.0. The van der Waals surface area contributed by atoms with Crippen LogP contribution < -0.4 is 10.6 Å². The van der Waals surface area contributed by atoms with Crippen LogP contribution in [0, 0.1) is 0 Å². The van der Waals surface area contributed by atoms with Crippen molar-refractivity contribution in [2.75, 3.05) is 13.1 Å². The number of benzene rings is 1. The number of nitrogens with one attached hydrogen (secondary N) is 2. The number of thiophene rings is 1. The Bertz CT molecular complexity index is 506. The summed E-state index contributed by atoms with van der Waals surface area (Å²) in [6, 6.07) is 9.69. The zero-order valence-electron chi connectivity index (χ0n) is 10.1. The second-order valence-electron chi connectivity index (χ2n) is 3.94. The summed E-state index contributed by atoms with van der Waals surface area (Å²) in [5.74, 6) is 0. The number of carbonyl (C=O) groups excluding carboxylic acids is 1. The van der Waals surface area contributed by atoms with Crippen LogP contribution in [0.3, 0.4) is 0 Å². The normalized spacial score (nSPS) is 12.3. The van der Waals surface area contributed by atoms with Gasteiger partial charge in [0.05, 0.1) is 6.54 Å². The number of hydrogen-bond donors (Lipinski definition) is 3. The minimum Gasteiger partial charge on any atom is -0.386 e. The van der Waals surface area contributed by atoms with Gasteiger partial charge in [0.2, 0.25) is 0 Å². The van der Waals surface area contributed by atoms with Crippen LogP contribution in [-0.4, -0.2) is 24.2 Å². The lowest BCUT2D eigenvalue weighted by Crippen LogP contribution is -2.37. The fourth-order valence-electron chi connectivity index (χ4n) is 1.68. The molecule has 5 heteroatoms. The van der Waals surface area contributed by atoms with Crippen molar-refractivity contribution in [2.45, 2.75) is 13.0 Å². The maximum Gasteiger partial charge on any atom is 0.314 e. The summed E-state index contributed by atoms with van der Waals surface area (Å²) >= 11 is 1.55. The summed E-state index contributed by atoms with van der Waals surface area (Å²) in [6.07, 6.45) is -0.662. The monoisotopic (exact) mass is 264 g/mol. The van der Waals surface area contributed by atoms with E-state index in [9.17, 15) is 9.90 Å². The van der Waals surface area contributed by atoms with Gasteiger partial charge in [-0.2, -0.15) is 0 Å². The molecule has 0 fully saturated rings. The van der Waals surface area contributed by atoms with Gasteiger partial charge in [0.1, 0.15) is 6.10 Å². The maximum absolute atomic E-state index is 11.2. The number of aliphatic hydroxyl groups is 1. The van der Waals surface area contributed by atoms with Gasteiger partial charge < -0.3 is 15.7 Å². The van der Waals surface area contributed by atoms with Crippen LogP contribution >= 0.6 is 11.3 Å². The Hall–Kier alpha value is -1.59. The summed E-state index contributed by atoms with van der Waals surface area (Å²) < 4.78 is 1.14. The Morgan fingerprint density at radius 2 is 2.17 bits per heavy atom. The van der Waals surface area contributed by atoms with Crippen molar-refractivity contribution in [3.8, 4) is 0 Å². The number of aliphatic hydroxyl groups excluding tert-OH is 1. The predicted molar refractivity (Wildman–Crippen MR) is 73.9 cm³/mol. The van der Waals surface area contributed by atoms with E-state index in [0.717, 1.165) is 15.0 Å². The van der Waals surface area contributed by atoms with Gasteiger partial charge in [-0.25, -0.2) is 4.79 Å². The molecule has 0 saturated carbocycles. The molecule has 0 spiro atoms. The summed E-state index contributed by atoms with van der Waals surface area (Å²) in [5, 5.41) is 16.4. The van der Waals surface area contributed by atoms with Gasteiger partial charge in [-0.3, -0.25) is 0 Å². The lowest BCUT2D eigenvalue weighted by Gasteiger charge is -2.10. The van der Waals surface area contributed by atoms with E-state index >= 15 is 0 Å². The van der Waals surface area contributed by atoms with E-state index in [2.05, 4.69) is 10.6 Å². The Morgan fingerprint density at radius 3 is 2.89 bits per heavy atom. The Kier molecular flexibility index (Phi) is 4.17. The number of amides is 2. The maximum atomic E-state index is 11.2.